The maximum atomic E-state index is 13.3. The largest absolute Gasteiger partial charge is 0.493 e. The molecule has 0 spiro atoms. The fourth-order valence-corrected chi connectivity index (χ4v) is 4.40. The first-order valence-electron chi connectivity index (χ1n) is 11.3. The SMILES string of the molecule is CCc1ccc(OC[C@H]2c3cc(OC)c(OC)cc3CCN2C(=O)Nc2cccc(Cl)c2)cc1. The molecule has 34 heavy (non-hydrogen) atoms. The lowest BCUT2D eigenvalue weighted by molar-refractivity contribution is 0.144. The smallest absolute Gasteiger partial charge is 0.322 e. The lowest BCUT2D eigenvalue weighted by Gasteiger charge is -2.37. The zero-order valence-corrected chi connectivity index (χ0v) is 20.4. The van der Waals surface area contributed by atoms with Crippen LogP contribution in [0.2, 0.25) is 5.02 Å². The molecular formula is C27H29ClN2O4. The van der Waals surface area contributed by atoms with Gasteiger partial charge < -0.3 is 24.4 Å². The van der Waals surface area contributed by atoms with Crippen molar-refractivity contribution < 1.29 is 19.0 Å². The van der Waals surface area contributed by atoms with E-state index >= 15 is 0 Å². The van der Waals surface area contributed by atoms with E-state index in [0.29, 0.717) is 41.8 Å². The van der Waals surface area contributed by atoms with Crippen molar-refractivity contribution in [1.29, 1.82) is 0 Å². The minimum atomic E-state index is -0.311. The normalized spacial score (nSPS) is 14.8. The Labute approximate surface area is 205 Å². The predicted molar refractivity (Wildman–Crippen MR) is 134 cm³/mol. The molecule has 7 heteroatoms. The zero-order chi connectivity index (χ0) is 24.1. The highest BCUT2D eigenvalue weighted by atomic mass is 35.5. The third-order valence-corrected chi connectivity index (χ3v) is 6.31. The van der Waals surface area contributed by atoms with E-state index in [1.807, 2.05) is 30.3 Å². The molecule has 0 bridgehead atoms. The maximum Gasteiger partial charge on any atom is 0.322 e. The van der Waals surface area contributed by atoms with Crippen molar-refractivity contribution in [2.75, 3.05) is 32.7 Å². The van der Waals surface area contributed by atoms with Crippen molar-refractivity contribution in [1.82, 2.24) is 4.90 Å². The number of hydrogen-bond acceptors (Lipinski definition) is 4. The molecule has 2 amide bonds. The number of aryl methyl sites for hydroxylation is 1. The van der Waals surface area contributed by atoms with Gasteiger partial charge in [0.25, 0.3) is 0 Å². The standard InChI is InChI=1S/C27H29ClN2O4/c1-4-18-8-10-22(11-9-18)34-17-24-23-16-26(33-3)25(32-2)14-19(23)12-13-30(24)27(31)29-21-7-5-6-20(28)15-21/h5-11,14-16,24H,4,12-13,17H2,1-3H3,(H,29,31)/t24-/m0/s1. The van der Waals surface area contributed by atoms with Crippen LogP contribution in [-0.2, 0) is 12.8 Å². The number of carbonyl (C=O) groups is 1. The monoisotopic (exact) mass is 480 g/mol. The Bertz CT molecular complexity index is 1150. The summed E-state index contributed by atoms with van der Waals surface area (Å²) in [6.07, 6.45) is 1.66. The topological polar surface area (TPSA) is 60.0 Å². The number of carbonyl (C=O) groups excluding carboxylic acids is 1. The Morgan fingerprint density at radius 1 is 1.06 bits per heavy atom. The lowest BCUT2D eigenvalue weighted by atomic mass is 9.92. The Hall–Kier alpha value is -3.38. The van der Waals surface area contributed by atoms with Gasteiger partial charge >= 0.3 is 6.03 Å². The van der Waals surface area contributed by atoms with Crippen LogP contribution >= 0.6 is 11.6 Å². The van der Waals surface area contributed by atoms with Gasteiger partial charge in [0.15, 0.2) is 11.5 Å². The van der Waals surface area contributed by atoms with Crippen LogP contribution < -0.4 is 19.5 Å². The summed E-state index contributed by atoms with van der Waals surface area (Å²) in [5, 5.41) is 3.53. The van der Waals surface area contributed by atoms with Crippen LogP contribution in [0.5, 0.6) is 17.2 Å². The Morgan fingerprint density at radius 2 is 1.79 bits per heavy atom. The summed E-state index contributed by atoms with van der Waals surface area (Å²) >= 11 is 6.10. The van der Waals surface area contributed by atoms with Gasteiger partial charge in [-0.15, -0.1) is 0 Å². The number of amides is 2. The molecule has 0 fully saturated rings. The first-order valence-corrected chi connectivity index (χ1v) is 11.7. The maximum absolute atomic E-state index is 13.3. The summed E-state index contributed by atoms with van der Waals surface area (Å²) < 4.78 is 17.2. The molecule has 1 aliphatic heterocycles. The fourth-order valence-electron chi connectivity index (χ4n) is 4.21. The second-order valence-electron chi connectivity index (χ2n) is 8.11. The highest BCUT2D eigenvalue weighted by Gasteiger charge is 2.33. The number of nitrogens with zero attached hydrogens (tertiary/aromatic N) is 1. The molecule has 6 nitrogen and oxygen atoms in total. The van der Waals surface area contributed by atoms with E-state index in [-0.39, 0.29) is 12.1 Å². The summed E-state index contributed by atoms with van der Waals surface area (Å²) in [5.74, 6) is 2.06. The number of ether oxygens (including phenoxy) is 3. The van der Waals surface area contributed by atoms with E-state index in [1.165, 1.54) is 5.56 Å². The van der Waals surface area contributed by atoms with Crippen molar-refractivity contribution in [2.24, 2.45) is 0 Å². The van der Waals surface area contributed by atoms with Crippen LogP contribution in [0.3, 0.4) is 0 Å². The number of methoxy groups -OCH3 is 2. The van der Waals surface area contributed by atoms with E-state index in [2.05, 4.69) is 24.4 Å². The first-order chi connectivity index (χ1) is 16.5. The minimum absolute atomic E-state index is 0.211. The Kier molecular flexibility index (Phi) is 7.48. The van der Waals surface area contributed by atoms with Crippen molar-refractivity contribution >= 4 is 23.3 Å². The third-order valence-electron chi connectivity index (χ3n) is 6.08. The molecule has 1 heterocycles. The molecule has 0 radical (unpaired) electrons. The fraction of sp³-hybridized carbons (Fsp3) is 0.296. The van der Waals surface area contributed by atoms with E-state index < -0.39 is 0 Å². The number of anilines is 1. The lowest BCUT2D eigenvalue weighted by Crippen LogP contribution is -2.44. The molecule has 0 saturated carbocycles. The number of fused-ring (bicyclic) bond motifs is 1. The average molecular weight is 481 g/mol. The van der Waals surface area contributed by atoms with Gasteiger partial charge in [-0.3, -0.25) is 0 Å². The van der Waals surface area contributed by atoms with Crippen molar-refractivity contribution in [3.05, 3.63) is 82.4 Å². The van der Waals surface area contributed by atoms with Crippen molar-refractivity contribution in [3.8, 4) is 17.2 Å². The molecule has 1 atom stereocenters. The van der Waals surface area contributed by atoms with Crippen LogP contribution in [0.15, 0.2) is 60.7 Å². The molecule has 178 valence electrons. The molecular weight excluding hydrogens is 452 g/mol. The van der Waals surface area contributed by atoms with E-state index in [0.717, 1.165) is 23.3 Å². The summed E-state index contributed by atoms with van der Waals surface area (Å²) in [6, 6.07) is 18.6. The van der Waals surface area contributed by atoms with Crippen LogP contribution in [-0.4, -0.2) is 38.3 Å². The number of nitrogens with one attached hydrogen (secondary N) is 1. The second-order valence-corrected chi connectivity index (χ2v) is 8.55. The predicted octanol–water partition coefficient (Wildman–Crippen LogP) is 6.13. The quantitative estimate of drug-likeness (QED) is 0.442. The van der Waals surface area contributed by atoms with Crippen molar-refractivity contribution in [2.45, 2.75) is 25.8 Å². The number of urea groups is 1. The van der Waals surface area contributed by atoms with Gasteiger partial charge in [0.1, 0.15) is 12.4 Å². The highest BCUT2D eigenvalue weighted by molar-refractivity contribution is 6.30. The molecule has 4 rings (SSSR count). The molecule has 0 unspecified atom stereocenters. The summed E-state index contributed by atoms with van der Waals surface area (Å²) in [6.45, 7) is 2.96. The summed E-state index contributed by atoms with van der Waals surface area (Å²) in [4.78, 5) is 15.1. The molecule has 0 aliphatic carbocycles. The zero-order valence-electron chi connectivity index (χ0n) is 19.6. The number of halogens is 1. The molecule has 3 aromatic carbocycles. The van der Waals surface area contributed by atoms with Gasteiger partial charge in [-0.05, 0) is 72.0 Å². The first kappa shape index (κ1) is 23.8. The van der Waals surface area contributed by atoms with Gasteiger partial charge in [-0.1, -0.05) is 36.7 Å². The number of rotatable bonds is 7. The van der Waals surface area contributed by atoms with E-state index in [4.69, 9.17) is 25.8 Å². The van der Waals surface area contributed by atoms with E-state index in [9.17, 15) is 4.79 Å². The van der Waals surface area contributed by atoms with Gasteiger partial charge in [0, 0.05) is 17.3 Å². The highest BCUT2D eigenvalue weighted by Crippen LogP contribution is 2.38. The molecule has 3 aromatic rings. The van der Waals surface area contributed by atoms with Gasteiger partial charge in [-0.2, -0.15) is 0 Å². The minimum Gasteiger partial charge on any atom is -0.493 e. The van der Waals surface area contributed by atoms with Gasteiger partial charge in [0.2, 0.25) is 0 Å². The average Bonchev–Trinajstić information content (AvgIpc) is 2.86. The number of benzene rings is 3. The molecule has 0 saturated heterocycles. The van der Waals surface area contributed by atoms with Crippen molar-refractivity contribution in [3.63, 3.8) is 0 Å². The van der Waals surface area contributed by atoms with E-state index in [1.54, 1.807) is 37.3 Å². The number of hydrogen-bond donors (Lipinski definition) is 1. The summed E-state index contributed by atoms with van der Waals surface area (Å²) in [7, 11) is 3.23. The molecule has 1 N–H and O–H groups in total. The molecule has 0 aromatic heterocycles. The molecule has 1 aliphatic rings. The second kappa shape index (κ2) is 10.7. The van der Waals surface area contributed by atoms with Crippen LogP contribution in [0.1, 0.15) is 29.7 Å². The van der Waals surface area contributed by atoms with Gasteiger partial charge in [-0.25, -0.2) is 4.79 Å². The van der Waals surface area contributed by atoms with Crippen LogP contribution in [0.4, 0.5) is 10.5 Å². The van der Waals surface area contributed by atoms with Crippen LogP contribution in [0.25, 0.3) is 0 Å². The van der Waals surface area contributed by atoms with Gasteiger partial charge in [0.05, 0.1) is 20.3 Å². The summed E-state index contributed by atoms with van der Waals surface area (Å²) in [5.41, 5.74) is 3.98. The Balaban J connectivity index is 1.63. The third kappa shape index (κ3) is 5.23. The van der Waals surface area contributed by atoms with Crippen LogP contribution in [0, 0.1) is 0 Å². The Morgan fingerprint density at radius 3 is 2.47 bits per heavy atom.